The number of urea groups is 1. The van der Waals surface area contributed by atoms with Crippen LogP contribution >= 0.6 is 0 Å². The second-order valence-electron chi connectivity index (χ2n) is 6.89. The summed E-state index contributed by atoms with van der Waals surface area (Å²) in [5.74, 6) is 1.55. The summed E-state index contributed by atoms with van der Waals surface area (Å²) in [6.07, 6.45) is 6.04. The molecule has 1 aliphatic rings. The lowest BCUT2D eigenvalue weighted by atomic mass is 9.95. The Morgan fingerprint density at radius 2 is 1.96 bits per heavy atom. The molecule has 140 valence electrons. The molecule has 0 fully saturated rings. The molecule has 0 aromatic carbocycles. The van der Waals surface area contributed by atoms with E-state index in [1.165, 1.54) is 24.1 Å². The number of nitrogens with zero attached hydrogens (tertiary/aromatic N) is 4. The number of fused-ring (bicyclic) bond motifs is 1. The van der Waals surface area contributed by atoms with Gasteiger partial charge in [0, 0.05) is 37.0 Å². The lowest BCUT2D eigenvalue weighted by Crippen LogP contribution is -2.31. The first-order valence-electron chi connectivity index (χ1n) is 9.42. The number of hydrogen-bond acceptors (Lipinski definition) is 4. The molecule has 2 amide bonds. The molecule has 0 saturated carbocycles. The van der Waals surface area contributed by atoms with Gasteiger partial charge in [-0.2, -0.15) is 5.10 Å². The van der Waals surface area contributed by atoms with Crippen LogP contribution in [0.4, 0.5) is 10.6 Å². The Hall–Kier alpha value is -2.44. The largest absolute Gasteiger partial charge is 0.337 e. The molecule has 1 aliphatic carbocycles. The Bertz CT molecular complexity index is 811. The molecule has 0 unspecified atom stereocenters. The molecule has 7 nitrogen and oxygen atoms in total. The van der Waals surface area contributed by atoms with Crippen molar-refractivity contribution in [3.05, 3.63) is 34.0 Å². The molecule has 26 heavy (non-hydrogen) atoms. The van der Waals surface area contributed by atoms with E-state index in [1.807, 2.05) is 14.0 Å². The molecule has 2 aromatic heterocycles. The maximum atomic E-state index is 12.2. The zero-order valence-corrected chi connectivity index (χ0v) is 16.1. The predicted molar refractivity (Wildman–Crippen MR) is 101 cm³/mol. The summed E-state index contributed by atoms with van der Waals surface area (Å²) in [5.41, 5.74) is 5.62. The molecule has 0 aliphatic heterocycles. The number of nitrogens with one attached hydrogen (secondary N) is 2. The van der Waals surface area contributed by atoms with Crippen molar-refractivity contribution >= 4 is 11.8 Å². The molecule has 0 bridgehead atoms. The lowest BCUT2D eigenvalue weighted by molar-refractivity contribution is 0.252. The van der Waals surface area contributed by atoms with Crippen LogP contribution in [0.3, 0.4) is 0 Å². The standard InChI is InChI=1S/C19H28N6O/c1-5-15-12(2)18(25(4)24-15)23-19(26)20-11-10-17-21-13(3)14-8-6-7-9-16(14)22-17/h5-11H2,1-4H3,(H2,20,23,26). The van der Waals surface area contributed by atoms with Crippen molar-refractivity contribution in [2.75, 3.05) is 11.9 Å². The Morgan fingerprint density at radius 3 is 2.69 bits per heavy atom. The van der Waals surface area contributed by atoms with Crippen LogP contribution < -0.4 is 10.6 Å². The summed E-state index contributed by atoms with van der Waals surface area (Å²) >= 11 is 0. The molecular weight excluding hydrogens is 328 g/mol. The SMILES string of the molecule is CCc1nn(C)c(NC(=O)NCCc2nc(C)c3c(n2)CCCC3)c1C. The van der Waals surface area contributed by atoms with E-state index in [-0.39, 0.29) is 6.03 Å². The van der Waals surface area contributed by atoms with Crippen molar-refractivity contribution in [1.29, 1.82) is 0 Å². The van der Waals surface area contributed by atoms with E-state index in [4.69, 9.17) is 4.98 Å². The zero-order chi connectivity index (χ0) is 18.7. The van der Waals surface area contributed by atoms with E-state index in [1.54, 1.807) is 4.68 Å². The van der Waals surface area contributed by atoms with Gasteiger partial charge in [0.1, 0.15) is 11.6 Å². The van der Waals surface area contributed by atoms with Gasteiger partial charge in [0.05, 0.1) is 5.69 Å². The first kappa shape index (κ1) is 18.4. The molecule has 7 heteroatoms. The van der Waals surface area contributed by atoms with Crippen LogP contribution in [-0.4, -0.2) is 32.3 Å². The highest BCUT2D eigenvalue weighted by molar-refractivity contribution is 5.89. The van der Waals surface area contributed by atoms with Gasteiger partial charge in [0.25, 0.3) is 0 Å². The molecule has 0 atom stereocenters. The first-order valence-corrected chi connectivity index (χ1v) is 9.42. The van der Waals surface area contributed by atoms with Gasteiger partial charge in [-0.1, -0.05) is 6.92 Å². The minimum Gasteiger partial charge on any atom is -0.337 e. The fourth-order valence-corrected chi connectivity index (χ4v) is 3.59. The van der Waals surface area contributed by atoms with E-state index >= 15 is 0 Å². The van der Waals surface area contributed by atoms with Crippen LogP contribution in [-0.2, 0) is 32.7 Å². The highest BCUT2D eigenvalue weighted by atomic mass is 16.2. The number of rotatable bonds is 5. The molecule has 2 heterocycles. The number of carbonyl (C=O) groups is 1. The number of amides is 2. The fraction of sp³-hybridized carbons (Fsp3) is 0.579. The van der Waals surface area contributed by atoms with Crippen molar-refractivity contribution in [3.63, 3.8) is 0 Å². The average Bonchev–Trinajstić information content (AvgIpc) is 2.89. The highest BCUT2D eigenvalue weighted by Gasteiger charge is 2.16. The summed E-state index contributed by atoms with van der Waals surface area (Å²) in [5, 5.41) is 10.2. The van der Waals surface area contributed by atoms with Crippen LogP contribution in [0.1, 0.15) is 53.8 Å². The van der Waals surface area contributed by atoms with Crippen LogP contribution in [0.15, 0.2) is 0 Å². The van der Waals surface area contributed by atoms with Crippen molar-refractivity contribution in [2.24, 2.45) is 7.05 Å². The van der Waals surface area contributed by atoms with Gasteiger partial charge in [-0.3, -0.25) is 10.00 Å². The number of anilines is 1. The van der Waals surface area contributed by atoms with Gasteiger partial charge in [-0.05, 0) is 51.5 Å². The summed E-state index contributed by atoms with van der Waals surface area (Å²) in [6, 6.07) is -0.228. The highest BCUT2D eigenvalue weighted by Crippen LogP contribution is 2.21. The van der Waals surface area contributed by atoms with E-state index in [9.17, 15) is 4.79 Å². The van der Waals surface area contributed by atoms with Gasteiger partial charge in [0.2, 0.25) is 0 Å². The molecule has 0 saturated heterocycles. The van der Waals surface area contributed by atoms with Gasteiger partial charge in [-0.25, -0.2) is 14.8 Å². The molecule has 2 N–H and O–H groups in total. The summed E-state index contributed by atoms with van der Waals surface area (Å²) < 4.78 is 1.71. The van der Waals surface area contributed by atoms with Gasteiger partial charge in [0.15, 0.2) is 0 Å². The normalized spacial score (nSPS) is 13.4. The lowest BCUT2D eigenvalue weighted by Gasteiger charge is -2.17. The second-order valence-corrected chi connectivity index (χ2v) is 6.89. The van der Waals surface area contributed by atoms with Crippen LogP contribution in [0.5, 0.6) is 0 Å². The quantitative estimate of drug-likeness (QED) is 0.862. The molecule has 0 radical (unpaired) electrons. The second kappa shape index (κ2) is 7.85. The van der Waals surface area contributed by atoms with Gasteiger partial charge in [-0.15, -0.1) is 0 Å². The van der Waals surface area contributed by atoms with Gasteiger partial charge >= 0.3 is 6.03 Å². The summed E-state index contributed by atoms with van der Waals surface area (Å²) in [6.45, 7) is 6.60. The maximum absolute atomic E-state index is 12.2. The van der Waals surface area contributed by atoms with E-state index < -0.39 is 0 Å². The van der Waals surface area contributed by atoms with Crippen molar-refractivity contribution < 1.29 is 4.79 Å². The molecule has 0 spiro atoms. The van der Waals surface area contributed by atoms with Gasteiger partial charge < -0.3 is 5.32 Å². The summed E-state index contributed by atoms with van der Waals surface area (Å²) in [7, 11) is 1.84. The summed E-state index contributed by atoms with van der Waals surface area (Å²) in [4.78, 5) is 21.5. The Morgan fingerprint density at radius 1 is 1.19 bits per heavy atom. The molecule has 2 aromatic rings. The first-order chi connectivity index (χ1) is 12.5. The smallest absolute Gasteiger partial charge is 0.320 e. The van der Waals surface area contributed by atoms with Crippen LogP contribution in [0.25, 0.3) is 0 Å². The zero-order valence-electron chi connectivity index (χ0n) is 16.1. The third-order valence-corrected chi connectivity index (χ3v) is 5.02. The molecule has 3 rings (SSSR count). The van der Waals surface area contributed by atoms with E-state index in [2.05, 4.69) is 34.6 Å². The third kappa shape index (κ3) is 3.86. The van der Waals surface area contributed by atoms with Crippen molar-refractivity contribution in [2.45, 2.75) is 59.3 Å². The Balaban J connectivity index is 1.56. The fourth-order valence-electron chi connectivity index (χ4n) is 3.59. The van der Waals surface area contributed by atoms with E-state index in [0.29, 0.717) is 13.0 Å². The average molecular weight is 356 g/mol. The van der Waals surface area contributed by atoms with Crippen LogP contribution in [0.2, 0.25) is 0 Å². The molecular formula is C19H28N6O. The maximum Gasteiger partial charge on any atom is 0.320 e. The number of carbonyl (C=O) groups excluding carboxylic acids is 1. The number of aromatic nitrogens is 4. The minimum atomic E-state index is -0.228. The number of aryl methyl sites for hydroxylation is 4. The van der Waals surface area contributed by atoms with Crippen LogP contribution in [0, 0.1) is 13.8 Å². The topological polar surface area (TPSA) is 84.7 Å². The minimum absolute atomic E-state index is 0.228. The van der Waals surface area contributed by atoms with Crippen molar-refractivity contribution in [3.8, 4) is 0 Å². The third-order valence-electron chi connectivity index (χ3n) is 5.02. The number of hydrogen-bond donors (Lipinski definition) is 2. The Labute approximate surface area is 154 Å². The van der Waals surface area contributed by atoms with E-state index in [0.717, 1.165) is 47.9 Å². The van der Waals surface area contributed by atoms with Crippen molar-refractivity contribution in [1.82, 2.24) is 25.1 Å². The monoisotopic (exact) mass is 356 g/mol. The predicted octanol–water partition coefficient (Wildman–Crippen LogP) is 2.63. The Kier molecular flexibility index (Phi) is 5.54.